The van der Waals surface area contributed by atoms with Crippen LogP contribution in [0.5, 0.6) is 0 Å². The first kappa shape index (κ1) is 12.6. The number of anilines is 1. The largest absolute Gasteiger partial charge is 0.363 e. The third-order valence-electron chi connectivity index (χ3n) is 4.57. The molecule has 2 aliphatic rings. The lowest BCUT2D eigenvalue weighted by Gasteiger charge is -2.33. The summed E-state index contributed by atoms with van der Waals surface area (Å²) in [5, 5.41) is 8.12. The highest BCUT2D eigenvalue weighted by molar-refractivity contribution is 5.75. The van der Waals surface area contributed by atoms with E-state index in [4.69, 9.17) is 0 Å². The number of fused-ring (bicyclic) bond motifs is 3. The third-order valence-corrected chi connectivity index (χ3v) is 4.57. The van der Waals surface area contributed by atoms with Crippen molar-refractivity contribution in [1.82, 2.24) is 14.8 Å². The second kappa shape index (κ2) is 4.69. The Kier molecular flexibility index (Phi) is 2.80. The van der Waals surface area contributed by atoms with Crippen molar-refractivity contribution in [3.8, 4) is 11.4 Å². The molecule has 5 nitrogen and oxygen atoms in total. The Labute approximate surface area is 123 Å². The average Bonchev–Trinajstić information content (AvgIpc) is 3.02. The Bertz CT molecular complexity index is 746. The normalized spacial score (nSPS) is 20.7. The Morgan fingerprint density at radius 2 is 2.00 bits per heavy atom. The fourth-order valence-electron chi connectivity index (χ4n) is 3.47. The van der Waals surface area contributed by atoms with Gasteiger partial charge in [0.05, 0.1) is 0 Å². The summed E-state index contributed by atoms with van der Waals surface area (Å²) < 4.78 is 1.93. The van der Waals surface area contributed by atoms with Gasteiger partial charge in [0.15, 0.2) is 5.82 Å². The van der Waals surface area contributed by atoms with Crippen LogP contribution >= 0.6 is 0 Å². The molecule has 1 saturated carbocycles. The van der Waals surface area contributed by atoms with E-state index in [0.29, 0.717) is 17.4 Å². The van der Waals surface area contributed by atoms with E-state index in [1.807, 2.05) is 28.9 Å². The molecule has 1 N–H and O–H groups in total. The fourth-order valence-corrected chi connectivity index (χ4v) is 3.47. The predicted molar refractivity (Wildman–Crippen MR) is 81.1 cm³/mol. The summed E-state index contributed by atoms with van der Waals surface area (Å²) in [6, 6.07) is 8.01. The number of para-hydroxylation sites is 1. The van der Waals surface area contributed by atoms with Gasteiger partial charge in [0, 0.05) is 11.3 Å². The van der Waals surface area contributed by atoms with Crippen LogP contribution < -0.4 is 10.9 Å². The van der Waals surface area contributed by atoms with Gasteiger partial charge in [-0.05, 0) is 37.8 Å². The number of rotatable bonds is 1. The summed E-state index contributed by atoms with van der Waals surface area (Å²) in [4.78, 5) is 16.2. The molecule has 1 atom stereocenters. The molecule has 108 valence electrons. The first-order chi connectivity index (χ1) is 10.2. The highest BCUT2D eigenvalue weighted by Gasteiger charge is 2.33. The molecular weight excluding hydrogens is 264 g/mol. The summed E-state index contributed by atoms with van der Waals surface area (Å²) in [5.74, 6) is 1.24. The molecule has 0 unspecified atom stereocenters. The number of hydrogen-bond donors (Lipinski definition) is 1. The molecule has 1 aliphatic heterocycles. The first-order valence-corrected chi connectivity index (χ1v) is 7.57. The van der Waals surface area contributed by atoms with Crippen molar-refractivity contribution in [2.24, 2.45) is 5.92 Å². The first-order valence-electron chi connectivity index (χ1n) is 7.57. The van der Waals surface area contributed by atoms with Crippen LogP contribution in [0.4, 0.5) is 5.69 Å². The Morgan fingerprint density at radius 3 is 2.81 bits per heavy atom. The van der Waals surface area contributed by atoms with Crippen molar-refractivity contribution < 1.29 is 0 Å². The molecule has 1 aromatic heterocycles. The van der Waals surface area contributed by atoms with Gasteiger partial charge in [-0.3, -0.25) is 4.79 Å². The van der Waals surface area contributed by atoms with Gasteiger partial charge in [0.2, 0.25) is 0 Å². The van der Waals surface area contributed by atoms with E-state index in [0.717, 1.165) is 11.3 Å². The highest BCUT2D eigenvalue weighted by Crippen LogP contribution is 2.41. The topological polar surface area (TPSA) is 59.8 Å². The number of hydrogen-bond acceptors (Lipinski definition) is 4. The zero-order valence-corrected chi connectivity index (χ0v) is 12.0. The molecular formula is C16H18N4O. The molecule has 0 bridgehead atoms. The van der Waals surface area contributed by atoms with E-state index in [1.165, 1.54) is 25.7 Å². The van der Waals surface area contributed by atoms with E-state index < -0.39 is 0 Å². The van der Waals surface area contributed by atoms with Crippen molar-refractivity contribution >= 4 is 5.69 Å². The minimum Gasteiger partial charge on any atom is -0.363 e. The van der Waals surface area contributed by atoms with Gasteiger partial charge in [-0.2, -0.15) is 10.1 Å². The van der Waals surface area contributed by atoms with Gasteiger partial charge in [-0.1, -0.05) is 25.0 Å². The van der Waals surface area contributed by atoms with E-state index in [-0.39, 0.29) is 11.7 Å². The van der Waals surface area contributed by atoms with Crippen LogP contribution in [-0.2, 0) is 0 Å². The van der Waals surface area contributed by atoms with Crippen molar-refractivity contribution in [2.45, 2.75) is 38.8 Å². The van der Waals surface area contributed by atoms with E-state index in [9.17, 15) is 4.79 Å². The molecule has 1 fully saturated rings. The lowest BCUT2D eigenvalue weighted by atomic mass is 10.0. The molecule has 4 rings (SSSR count). The fraction of sp³-hybridized carbons (Fsp3) is 0.438. The predicted octanol–water partition coefficient (Wildman–Crippen LogP) is 2.73. The number of benzene rings is 1. The molecule has 2 heterocycles. The maximum atomic E-state index is 11.9. The molecule has 0 saturated heterocycles. The maximum absolute atomic E-state index is 11.9. The monoisotopic (exact) mass is 282 g/mol. The minimum atomic E-state index is -0.233. The summed E-state index contributed by atoms with van der Waals surface area (Å²) in [5.41, 5.74) is 2.23. The van der Waals surface area contributed by atoms with Gasteiger partial charge in [-0.25, -0.2) is 4.68 Å². The molecule has 0 radical (unpaired) electrons. The van der Waals surface area contributed by atoms with E-state index >= 15 is 0 Å². The van der Waals surface area contributed by atoms with Gasteiger partial charge in [-0.15, -0.1) is 0 Å². The average molecular weight is 282 g/mol. The van der Waals surface area contributed by atoms with Crippen LogP contribution in [0.1, 0.15) is 37.5 Å². The number of aryl methyl sites for hydroxylation is 1. The van der Waals surface area contributed by atoms with Gasteiger partial charge < -0.3 is 5.32 Å². The molecule has 0 amide bonds. The van der Waals surface area contributed by atoms with E-state index in [1.54, 1.807) is 6.92 Å². The van der Waals surface area contributed by atoms with Gasteiger partial charge in [0.25, 0.3) is 5.56 Å². The molecule has 21 heavy (non-hydrogen) atoms. The van der Waals surface area contributed by atoms with Crippen molar-refractivity contribution in [3.05, 3.63) is 40.3 Å². The molecule has 0 spiro atoms. The zero-order valence-electron chi connectivity index (χ0n) is 12.0. The molecule has 2 aromatic rings. The summed E-state index contributed by atoms with van der Waals surface area (Å²) in [6.45, 7) is 1.73. The highest BCUT2D eigenvalue weighted by atomic mass is 16.1. The van der Waals surface area contributed by atoms with Crippen molar-refractivity contribution in [2.75, 3.05) is 5.32 Å². The van der Waals surface area contributed by atoms with Crippen LogP contribution in [0.2, 0.25) is 0 Å². The van der Waals surface area contributed by atoms with Crippen LogP contribution in [0.15, 0.2) is 29.1 Å². The minimum absolute atomic E-state index is 0.101. The van der Waals surface area contributed by atoms with Crippen molar-refractivity contribution in [1.29, 1.82) is 0 Å². The second-order valence-corrected chi connectivity index (χ2v) is 5.95. The lowest BCUT2D eigenvalue weighted by Crippen LogP contribution is -2.35. The van der Waals surface area contributed by atoms with E-state index in [2.05, 4.69) is 15.4 Å². The standard InChI is InChI=1S/C16H18N4O/c1-10-16(21)18-15-12-8-4-5-9-13(12)17-14(20(15)19-10)11-6-2-3-7-11/h4-5,8-9,11,14,17H,2-3,6-7H2,1H3/t14-/m0/s1. The smallest absolute Gasteiger partial charge is 0.294 e. The quantitative estimate of drug-likeness (QED) is 0.873. The Balaban J connectivity index is 1.92. The summed E-state index contributed by atoms with van der Waals surface area (Å²) >= 11 is 0. The Morgan fingerprint density at radius 1 is 1.24 bits per heavy atom. The van der Waals surface area contributed by atoms with Gasteiger partial charge in [0.1, 0.15) is 11.9 Å². The number of nitrogens with one attached hydrogen (secondary N) is 1. The number of aromatic nitrogens is 3. The molecule has 1 aliphatic carbocycles. The lowest BCUT2D eigenvalue weighted by molar-refractivity contribution is 0.334. The SMILES string of the molecule is Cc1nn2c(nc1=O)-c1ccccc1N[C@@H]2C1CCCC1. The Hall–Kier alpha value is -2.17. The summed E-state index contributed by atoms with van der Waals surface area (Å²) in [6.07, 6.45) is 5.04. The number of nitrogens with zero attached hydrogens (tertiary/aromatic N) is 3. The van der Waals surface area contributed by atoms with Gasteiger partial charge >= 0.3 is 0 Å². The summed E-state index contributed by atoms with van der Waals surface area (Å²) in [7, 11) is 0. The second-order valence-electron chi connectivity index (χ2n) is 5.95. The van der Waals surface area contributed by atoms with Crippen LogP contribution in [-0.4, -0.2) is 14.8 Å². The zero-order chi connectivity index (χ0) is 14.4. The maximum Gasteiger partial charge on any atom is 0.294 e. The molecule has 5 heteroatoms. The van der Waals surface area contributed by atoms with Crippen LogP contribution in [0.3, 0.4) is 0 Å². The third kappa shape index (κ3) is 1.95. The van der Waals surface area contributed by atoms with Crippen LogP contribution in [0, 0.1) is 12.8 Å². The van der Waals surface area contributed by atoms with Crippen LogP contribution in [0.25, 0.3) is 11.4 Å². The molecule has 1 aromatic carbocycles. The van der Waals surface area contributed by atoms with Crippen molar-refractivity contribution in [3.63, 3.8) is 0 Å².